The normalized spacial score (nSPS) is 18.6. The summed E-state index contributed by atoms with van der Waals surface area (Å²) >= 11 is 0. The number of hydrogen-bond acceptors (Lipinski definition) is 4. The summed E-state index contributed by atoms with van der Waals surface area (Å²) in [5.74, 6) is -4.10. The van der Waals surface area contributed by atoms with Gasteiger partial charge in [-0.25, -0.2) is 4.39 Å². The molecule has 1 unspecified atom stereocenters. The molecule has 1 amide bonds. The predicted octanol–water partition coefficient (Wildman–Crippen LogP) is 3.64. The number of halogens is 4. The van der Waals surface area contributed by atoms with E-state index in [0.717, 1.165) is 12.1 Å². The first kappa shape index (κ1) is 23.1. The SMILES string of the molecule is CC1(C)OB(c2ccc(C(C(N)=O)c3ccc(OC(F)(F)F)c(F)c3)cc2)OC1(C)C. The lowest BCUT2D eigenvalue weighted by atomic mass is 9.78. The van der Waals surface area contributed by atoms with E-state index in [9.17, 15) is 22.4 Å². The minimum atomic E-state index is -5.03. The fraction of sp³-hybridized carbons (Fsp3) is 0.381. The molecule has 1 aliphatic heterocycles. The minimum Gasteiger partial charge on any atom is -0.403 e. The van der Waals surface area contributed by atoms with Crippen molar-refractivity contribution in [3.05, 3.63) is 59.4 Å². The maximum Gasteiger partial charge on any atom is 0.573 e. The molecule has 31 heavy (non-hydrogen) atoms. The molecule has 0 spiro atoms. The Kier molecular flexibility index (Phi) is 5.83. The summed E-state index contributed by atoms with van der Waals surface area (Å²) < 4.78 is 66.8. The van der Waals surface area contributed by atoms with Crippen molar-refractivity contribution in [2.75, 3.05) is 0 Å². The molecule has 2 aromatic carbocycles. The van der Waals surface area contributed by atoms with E-state index in [4.69, 9.17) is 15.0 Å². The first-order valence-electron chi connectivity index (χ1n) is 9.50. The molecule has 0 aromatic heterocycles. The molecule has 1 atom stereocenters. The van der Waals surface area contributed by atoms with E-state index in [-0.39, 0.29) is 5.56 Å². The standard InChI is InChI=1S/C21H22BF4NO4/c1-19(2)20(3,4)31-22(30-19)14-8-5-12(6-9-14)17(18(27)28)13-7-10-16(15(23)11-13)29-21(24,25)26/h5-11,17H,1-4H3,(H2,27,28). The van der Waals surface area contributed by atoms with Gasteiger partial charge in [0.15, 0.2) is 11.6 Å². The summed E-state index contributed by atoms with van der Waals surface area (Å²) in [5, 5.41) is 0. The second-order valence-electron chi connectivity index (χ2n) is 8.33. The van der Waals surface area contributed by atoms with Crippen LogP contribution in [-0.4, -0.2) is 30.6 Å². The Hall–Kier alpha value is -2.59. The molecular formula is C21H22BF4NO4. The van der Waals surface area contributed by atoms with Crippen LogP contribution in [0.2, 0.25) is 0 Å². The number of carbonyl (C=O) groups is 1. The molecule has 0 aliphatic carbocycles. The highest BCUT2D eigenvalue weighted by molar-refractivity contribution is 6.62. The maximum atomic E-state index is 14.1. The van der Waals surface area contributed by atoms with Crippen LogP contribution in [-0.2, 0) is 14.1 Å². The van der Waals surface area contributed by atoms with E-state index in [0.29, 0.717) is 11.0 Å². The molecule has 10 heteroatoms. The lowest BCUT2D eigenvalue weighted by Gasteiger charge is -2.32. The molecule has 1 aliphatic rings. The summed E-state index contributed by atoms with van der Waals surface area (Å²) in [7, 11) is -0.609. The maximum absolute atomic E-state index is 14.1. The average Bonchev–Trinajstić information content (AvgIpc) is 2.84. The monoisotopic (exact) mass is 439 g/mol. The number of rotatable bonds is 5. The molecule has 0 bridgehead atoms. The van der Waals surface area contributed by atoms with Crippen molar-refractivity contribution in [2.45, 2.75) is 51.2 Å². The summed E-state index contributed by atoms with van der Waals surface area (Å²) in [4.78, 5) is 12.1. The number of amides is 1. The van der Waals surface area contributed by atoms with Gasteiger partial charge in [0.2, 0.25) is 5.91 Å². The van der Waals surface area contributed by atoms with Crippen molar-refractivity contribution in [3.63, 3.8) is 0 Å². The average molecular weight is 439 g/mol. The van der Waals surface area contributed by atoms with Crippen LogP contribution < -0.4 is 15.9 Å². The van der Waals surface area contributed by atoms with Crippen LogP contribution in [0.4, 0.5) is 17.6 Å². The Morgan fingerprint density at radius 3 is 1.97 bits per heavy atom. The minimum absolute atomic E-state index is 0.0999. The summed E-state index contributed by atoms with van der Waals surface area (Å²) in [6.07, 6.45) is -5.03. The van der Waals surface area contributed by atoms with E-state index in [1.165, 1.54) is 6.07 Å². The second kappa shape index (κ2) is 7.83. The number of primary amides is 1. The van der Waals surface area contributed by atoms with Crippen molar-refractivity contribution in [1.29, 1.82) is 0 Å². The lowest BCUT2D eigenvalue weighted by molar-refractivity contribution is -0.275. The zero-order valence-corrected chi connectivity index (χ0v) is 17.4. The Labute approximate surface area is 177 Å². The Bertz CT molecular complexity index is 960. The van der Waals surface area contributed by atoms with E-state index >= 15 is 0 Å². The molecule has 1 heterocycles. The highest BCUT2D eigenvalue weighted by atomic mass is 19.4. The van der Waals surface area contributed by atoms with Crippen LogP contribution in [0.3, 0.4) is 0 Å². The van der Waals surface area contributed by atoms with Gasteiger partial charge in [-0.2, -0.15) is 0 Å². The Morgan fingerprint density at radius 1 is 1.00 bits per heavy atom. The molecule has 2 N–H and O–H groups in total. The number of hydrogen-bond donors (Lipinski definition) is 1. The van der Waals surface area contributed by atoms with Gasteiger partial charge in [0.1, 0.15) is 0 Å². The van der Waals surface area contributed by atoms with Gasteiger partial charge in [0.05, 0.1) is 17.1 Å². The third-order valence-corrected chi connectivity index (χ3v) is 5.59. The van der Waals surface area contributed by atoms with E-state index < -0.39 is 48.1 Å². The van der Waals surface area contributed by atoms with Crippen LogP contribution in [0, 0.1) is 5.82 Å². The van der Waals surface area contributed by atoms with Crippen molar-refractivity contribution in [2.24, 2.45) is 5.73 Å². The van der Waals surface area contributed by atoms with Crippen molar-refractivity contribution >= 4 is 18.5 Å². The number of benzene rings is 2. The van der Waals surface area contributed by atoms with Gasteiger partial charge in [0, 0.05) is 0 Å². The van der Waals surface area contributed by atoms with E-state index in [1.807, 2.05) is 27.7 Å². The predicted molar refractivity (Wildman–Crippen MR) is 106 cm³/mol. The molecule has 1 fully saturated rings. The molecular weight excluding hydrogens is 417 g/mol. The van der Waals surface area contributed by atoms with Crippen molar-refractivity contribution in [1.82, 2.24) is 0 Å². The molecule has 5 nitrogen and oxygen atoms in total. The van der Waals surface area contributed by atoms with Crippen molar-refractivity contribution in [3.8, 4) is 5.75 Å². The van der Waals surface area contributed by atoms with Gasteiger partial charge in [0.25, 0.3) is 0 Å². The largest absolute Gasteiger partial charge is 0.573 e. The Morgan fingerprint density at radius 2 is 1.52 bits per heavy atom. The summed E-state index contributed by atoms with van der Waals surface area (Å²) in [6.45, 7) is 7.69. The Balaban J connectivity index is 1.86. The first-order chi connectivity index (χ1) is 14.2. The van der Waals surface area contributed by atoms with E-state index in [1.54, 1.807) is 24.3 Å². The highest BCUT2D eigenvalue weighted by Crippen LogP contribution is 2.37. The zero-order chi connectivity index (χ0) is 23.2. The number of alkyl halides is 3. The molecule has 3 rings (SSSR count). The molecule has 0 radical (unpaired) electrons. The van der Waals surface area contributed by atoms with Gasteiger partial charge in [-0.3, -0.25) is 4.79 Å². The van der Waals surface area contributed by atoms with Gasteiger partial charge in [-0.05, 0) is 56.4 Å². The van der Waals surface area contributed by atoms with Gasteiger partial charge >= 0.3 is 13.5 Å². The molecule has 166 valence electrons. The highest BCUT2D eigenvalue weighted by Gasteiger charge is 2.51. The first-order valence-corrected chi connectivity index (χ1v) is 9.50. The van der Waals surface area contributed by atoms with Crippen LogP contribution in [0.15, 0.2) is 42.5 Å². The van der Waals surface area contributed by atoms with Crippen LogP contribution in [0.25, 0.3) is 0 Å². The van der Waals surface area contributed by atoms with Gasteiger partial charge < -0.3 is 19.8 Å². The second-order valence-corrected chi connectivity index (χ2v) is 8.33. The number of ether oxygens (including phenoxy) is 1. The van der Waals surface area contributed by atoms with Gasteiger partial charge in [-0.1, -0.05) is 30.3 Å². The molecule has 2 aromatic rings. The molecule has 0 saturated carbocycles. The smallest absolute Gasteiger partial charge is 0.403 e. The summed E-state index contributed by atoms with van der Waals surface area (Å²) in [5.41, 5.74) is 5.71. The van der Waals surface area contributed by atoms with Crippen LogP contribution in [0.5, 0.6) is 5.75 Å². The third kappa shape index (κ3) is 4.85. The van der Waals surface area contributed by atoms with Crippen LogP contribution in [0.1, 0.15) is 44.7 Å². The van der Waals surface area contributed by atoms with Crippen LogP contribution >= 0.6 is 0 Å². The lowest BCUT2D eigenvalue weighted by Crippen LogP contribution is -2.41. The number of carbonyl (C=O) groups excluding carboxylic acids is 1. The molecule has 1 saturated heterocycles. The van der Waals surface area contributed by atoms with E-state index in [2.05, 4.69) is 4.74 Å². The fourth-order valence-electron chi connectivity index (χ4n) is 3.25. The van der Waals surface area contributed by atoms with Crippen molar-refractivity contribution < 1.29 is 36.4 Å². The summed E-state index contributed by atoms with van der Waals surface area (Å²) in [6, 6.07) is 9.42. The fourth-order valence-corrected chi connectivity index (χ4v) is 3.25. The number of nitrogens with two attached hydrogens (primary N) is 1. The topological polar surface area (TPSA) is 70.8 Å². The third-order valence-electron chi connectivity index (χ3n) is 5.59. The quantitative estimate of drug-likeness (QED) is 0.571. The van der Waals surface area contributed by atoms with Gasteiger partial charge in [-0.15, -0.1) is 13.2 Å². The zero-order valence-electron chi connectivity index (χ0n) is 17.4.